The van der Waals surface area contributed by atoms with Gasteiger partial charge in [0, 0.05) is 11.6 Å². The van der Waals surface area contributed by atoms with Crippen LogP contribution in [0.3, 0.4) is 0 Å². The summed E-state index contributed by atoms with van der Waals surface area (Å²) in [6, 6.07) is 4.33. The van der Waals surface area contributed by atoms with Crippen molar-refractivity contribution in [2.24, 2.45) is 0 Å². The minimum absolute atomic E-state index is 0.00288. The number of nitro groups is 1. The standard InChI is InChI=1S/C9H11NO5S/c1-7-5-8(6-15-16(2,13)14)3-4-9(7)10(11)12/h3-5H,6H2,1-2H3. The van der Waals surface area contributed by atoms with Crippen molar-refractivity contribution in [1.29, 1.82) is 0 Å². The molecule has 0 spiro atoms. The predicted octanol–water partition coefficient (Wildman–Crippen LogP) is 1.38. The molecule has 1 rings (SSSR count). The first-order chi connectivity index (χ1) is 7.29. The van der Waals surface area contributed by atoms with E-state index in [1.807, 2.05) is 0 Å². The van der Waals surface area contributed by atoms with E-state index in [2.05, 4.69) is 4.18 Å². The number of hydrogen-bond donors (Lipinski definition) is 0. The van der Waals surface area contributed by atoms with Crippen molar-refractivity contribution in [2.45, 2.75) is 13.5 Å². The molecule has 0 aliphatic rings. The monoisotopic (exact) mass is 245 g/mol. The Labute approximate surface area is 93.1 Å². The van der Waals surface area contributed by atoms with Crippen molar-refractivity contribution in [3.05, 3.63) is 39.4 Å². The van der Waals surface area contributed by atoms with Gasteiger partial charge in [-0.2, -0.15) is 8.42 Å². The highest BCUT2D eigenvalue weighted by Crippen LogP contribution is 2.19. The average molecular weight is 245 g/mol. The summed E-state index contributed by atoms with van der Waals surface area (Å²) in [5, 5.41) is 10.5. The van der Waals surface area contributed by atoms with Gasteiger partial charge in [-0.05, 0) is 24.6 Å². The Morgan fingerprint density at radius 1 is 1.44 bits per heavy atom. The molecule has 6 nitrogen and oxygen atoms in total. The van der Waals surface area contributed by atoms with Gasteiger partial charge in [-0.15, -0.1) is 0 Å². The SMILES string of the molecule is Cc1cc(COS(C)(=O)=O)ccc1[N+](=O)[O-]. The predicted molar refractivity (Wildman–Crippen MR) is 57.5 cm³/mol. The molecule has 88 valence electrons. The fourth-order valence-electron chi connectivity index (χ4n) is 1.19. The molecular formula is C9H11NO5S. The van der Waals surface area contributed by atoms with Crippen LogP contribution in [0.15, 0.2) is 18.2 Å². The van der Waals surface area contributed by atoms with E-state index >= 15 is 0 Å². The van der Waals surface area contributed by atoms with E-state index in [4.69, 9.17) is 0 Å². The molecule has 1 aromatic carbocycles. The Balaban J connectivity index is 2.86. The summed E-state index contributed by atoms with van der Waals surface area (Å²) in [6.07, 6.45) is 0.950. The maximum Gasteiger partial charge on any atom is 0.272 e. The zero-order valence-corrected chi connectivity index (χ0v) is 9.65. The lowest BCUT2D eigenvalue weighted by Crippen LogP contribution is -2.03. The zero-order chi connectivity index (χ0) is 12.3. The number of rotatable bonds is 4. The molecular weight excluding hydrogens is 234 g/mol. The highest BCUT2D eigenvalue weighted by Gasteiger charge is 2.11. The third-order valence-corrected chi connectivity index (χ3v) is 2.44. The summed E-state index contributed by atoms with van der Waals surface area (Å²) in [6.45, 7) is 1.47. The quantitative estimate of drug-likeness (QED) is 0.454. The molecule has 0 heterocycles. The molecule has 0 fully saturated rings. The highest BCUT2D eigenvalue weighted by atomic mass is 32.2. The number of aryl methyl sites for hydroxylation is 1. The van der Waals surface area contributed by atoms with Crippen LogP contribution in [0.25, 0.3) is 0 Å². The summed E-state index contributed by atoms with van der Waals surface area (Å²) in [5.41, 5.74) is 1.05. The van der Waals surface area contributed by atoms with Crippen molar-refractivity contribution in [1.82, 2.24) is 0 Å². The Bertz CT molecular complexity index is 509. The van der Waals surface area contributed by atoms with E-state index in [9.17, 15) is 18.5 Å². The summed E-state index contributed by atoms with van der Waals surface area (Å²) < 4.78 is 26.0. The number of nitro benzene ring substituents is 1. The lowest BCUT2D eigenvalue weighted by Gasteiger charge is -2.03. The second-order valence-corrected chi connectivity index (χ2v) is 4.99. The normalized spacial score (nSPS) is 11.4. The summed E-state index contributed by atoms with van der Waals surface area (Å²) in [4.78, 5) is 10.0. The van der Waals surface area contributed by atoms with Crippen LogP contribution in [0.2, 0.25) is 0 Å². The summed E-state index contributed by atoms with van der Waals surface area (Å²) in [5.74, 6) is 0. The van der Waals surface area contributed by atoms with E-state index in [-0.39, 0.29) is 12.3 Å². The van der Waals surface area contributed by atoms with Gasteiger partial charge in [0.1, 0.15) is 0 Å². The second kappa shape index (κ2) is 4.58. The first-order valence-corrected chi connectivity index (χ1v) is 6.19. The molecule has 0 saturated heterocycles. The molecule has 0 bridgehead atoms. The third kappa shape index (κ3) is 3.59. The van der Waals surface area contributed by atoms with Gasteiger partial charge >= 0.3 is 0 Å². The highest BCUT2D eigenvalue weighted by molar-refractivity contribution is 7.85. The van der Waals surface area contributed by atoms with Crippen LogP contribution in [-0.4, -0.2) is 19.6 Å². The van der Waals surface area contributed by atoms with Gasteiger partial charge in [-0.1, -0.05) is 0 Å². The maximum atomic E-state index is 10.7. The van der Waals surface area contributed by atoms with Gasteiger partial charge in [0.25, 0.3) is 15.8 Å². The van der Waals surface area contributed by atoms with Crippen LogP contribution >= 0.6 is 0 Å². The molecule has 1 aromatic rings. The van der Waals surface area contributed by atoms with Gasteiger partial charge in [0.15, 0.2) is 0 Å². The van der Waals surface area contributed by atoms with Gasteiger partial charge in [0.05, 0.1) is 17.8 Å². The van der Waals surface area contributed by atoms with Crippen molar-refractivity contribution in [2.75, 3.05) is 6.26 Å². The van der Waals surface area contributed by atoms with Crippen LogP contribution < -0.4 is 0 Å². The number of hydrogen-bond acceptors (Lipinski definition) is 5. The molecule has 0 atom stereocenters. The molecule has 0 N–H and O–H groups in total. The van der Waals surface area contributed by atoms with Crippen molar-refractivity contribution in [3.63, 3.8) is 0 Å². The van der Waals surface area contributed by atoms with Gasteiger partial charge in [-0.3, -0.25) is 14.3 Å². The van der Waals surface area contributed by atoms with Crippen LogP contribution in [0.1, 0.15) is 11.1 Å². The molecule has 0 radical (unpaired) electrons. The number of benzene rings is 1. The number of nitrogens with zero attached hydrogens (tertiary/aromatic N) is 1. The van der Waals surface area contributed by atoms with E-state index in [1.54, 1.807) is 6.92 Å². The molecule has 0 saturated carbocycles. The van der Waals surface area contributed by atoms with Crippen molar-refractivity contribution in [3.8, 4) is 0 Å². The van der Waals surface area contributed by atoms with Gasteiger partial charge in [0.2, 0.25) is 0 Å². The third-order valence-electron chi connectivity index (χ3n) is 1.90. The molecule has 16 heavy (non-hydrogen) atoms. The van der Waals surface area contributed by atoms with E-state index in [0.717, 1.165) is 6.26 Å². The molecule has 7 heteroatoms. The van der Waals surface area contributed by atoms with Crippen LogP contribution in [0, 0.1) is 17.0 Å². The second-order valence-electron chi connectivity index (χ2n) is 3.34. The van der Waals surface area contributed by atoms with Crippen LogP contribution in [-0.2, 0) is 20.9 Å². The molecule has 0 aromatic heterocycles. The minimum Gasteiger partial charge on any atom is -0.265 e. The van der Waals surface area contributed by atoms with E-state index in [1.165, 1.54) is 18.2 Å². The minimum atomic E-state index is -3.50. The van der Waals surface area contributed by atoms with Gasteiger partial charge in [-0.25, -0.2) is 0 Å². The lowest BCUT2D eigenvalue weighted by atomic mass is 10.1. The van der Waals surface area contributed by atoms with E-state index < -0.39 is 15.0 Å². The smallest absolute Gasteiger partial charge is 0.265 e. The Hall–Kier alpha value is -1.47. The Kier molecular flexibility index (Phi) is 3.61. The van der Waals surface area contributed by atoms with Crippen molar-refractivity contribution >= 4 is 15.8 Å². The lowest BCUT2D eigenvalue weighted by molar-refractivity contribution is -0.385. The van der Waals surface area contributed by atoms with Crippen LogP contribution in [0.4, 0.5) is 5.69 Å². The average Bonchev–Trinajstić information content (AvgIpc) is 2.13. The Morgan fingerprint density at radius 2 is 2.06 bits per heavy atom. The fourth-order valence-corrected chi connectivity index (χ4v) is 1.54. The fraction of sp³-hybridized carbons (Fsp3) is 0.333. The molecule has 0 amide bonds. The molecule has 0 aliphatic heterocycles. The largest absolute Gasteiger partial charge is 0.272 e. The summed E-state index contributed by atoms with van der Waals surface area (Å²) in [7, 11) is -3.50. The van der Waals surface area contributed by atoms with Gasteiger partial charge < -0.3 is 0 Å². The topological polar surface area (TPSA) is 86.5 Å². The first-order valence-electron chi connectivity index (χ1n) is 4.38. The maximum absolute atomic E-state index is 10.7. The Morgan fingerprint density at radius 3 is 2.50 bits per heavy atom. The van der Waals surface area contributed by atoms with Crippen LogP contribution in [0.5, 0.6) is 0 Å². The van der Waals surface area contributed by atoms with E-state index in [0.29, 0.717) is 11.1 Å². The molecule has 0 unspecified atom stereocenters. The first kappa shape index (κ1) is 12.6. The zero-order valence-electron chi connectivity index (χ0n) is 8.84. The summed E-state index contributed by atoms with van der Waals surface area (Å²) >= 11 is 0. The van der Waals surface area contributed by atoms with Crippen molar-refractivity contribution < 1.29 is 17.5 Å². The molecule has 0 aliphatic carbocycles.